The Kier molecular flexibility index (Phi) is 13.2. The first-order valence-corrected chi connectivity index (χ1v) is 14.7. The Bertz CT molecular complexity index is 996. The van der Waals surface area contributed by atoms with Gasteiger partial charge in [0.05, 0.1) is 0 Å². The number of hydrogen-bond donors (Lipinski definition) is 2. The van der Waals surface area contributed by atoms with E-state index in [1.54, 1.807) is 37.4 Å². The van der Waals surface area contributed by atoms with Crippen LogP contribution >= 0.6 is 11.8 Å². The summed E-state index contributed by atoms with van der Waals surface area (Å²) in [6.45, 7) is 8.20. The van der Waals surface area contributed by atoms with Crippen LogP contribution < -0.4 is 10.6 Å². The number of hydrogen-bond acceptors (Lipinski definition) is 5. The van der Waals surface area contributed by atoms with Crippen molar-refractivity contribution in [2.45, 2.75) is 77.6 Å². The lowest BCUT2D eigenvalue weighted by Crippen LogP contribution is -2.53. The van der Waals surface area contributed by atoms with Gasteiger partial charge in [-0.1, -0.05) is 80.4 Å². The van der Waals surface area contributed by atoms with Crippen LogP contribution in [0.3, 0.4) is 0 Å². The fraction of sp³-hybridized carbons (Fsp3) is 0.500. The smallest absolute Gasteiger partial charge is 0.408 e. The van der Waals surface area contributed by atoms with Crippen LogP contribution in [0, 0.1) is 0 Å². The Morgan fingerprint density at radius 3 is 2.18 bits per heavy atom. The summed E-state index contributed by atoms with van der Waals surface area (Å²) in [7, 11) is 0. The van der Waals surface area contributed by atoms with Crippen LogP contribution in [0.15, 0.2) is 60.7 Å². The summed E-state index contributed by atoms with van der Waals surface area (Å²) in [4.78, 5) is 42.1. The molecule has 2 atom stereocenters. The maximum absolute atomic E-state index is 14.1. The van der Waals surface area contributed by atoms with Crippen LogP contribution in [0.4, 0.5) is 4.79 Å². The number of ether oxygens (including phenoxy) is 1. The van der Waals surface area contributed by atoms with E-state index >= 15 is 0 Å². The molecular formula is C30H43N3O4S. The molecule has 0 aromatic heterocycles. The highest BCUT2D eigenvalue weighted by atomic mass is 32.2. The highest BCUT2D eigenvalue weighted by Crippen LogP contribution is 2.24. The van der Waals surface area contributed by atoms with E-state index in [1.807, 2.05) is 66.9 Å². The summed E-state index contributed by atoms with van der Waals surface area (Å²) in [6, 6.07) is 17.4. The molecule has 2 N–H and O–H groups in total. The van der Waals surface area contributed by atoms with E-state index < -0.39 is 23.8 Å². The minimum Gasteiger partial charge on any atom is -0.444 e. The zero-order chi connectivity index (χ0) is 28.0. The van der Waals surface area contributed by atoms with Crippen LogP contribution in [0.1, 0.15) is 70.5 Å². The minimum atomic E-state index is -0.832. The first-order chi connectivity index (χ1) is 18.2. The lowest BCUT2D eigenvalue weighted by molar-refractivity contribution is -0.142. The SMILES string of the molecule is CCCCCN(C(=O)C(CCSC)NC(=O)OC(C)(C)C)C(C(=O)NCc1ccccc1)c1ccccc1. The van der Waals surface area contributed by atoms with Crippen LogP contribution in [0.5, 0.6) is 0 Å². The van der Waals surface area contributed by atoms with Gasteiger partial charge in [-0.2, -0.15) is 11.8 Å². The molecule has 0 heterocycles. The predicted molar refractivity (Wildman–Crippen MR) is 155 cm³/mol. The number of benzene rings is 2. The molecule has 0 radical (unpaired) electrons. The Hall–Kier alpha value is -3.00. The monoisotopic (exact) mass is 541 g/mol. The van der Waals surface area contributed by atoms with Gasteiger partial charge in [0.1, 0.15) is 17.7 Å². The maximum Gasteiger partial charge on any atom is 0.408 e. The first-order valence-electron chi connectivity index (χ1n) is 13.3. The Balaban J connectivity index is 2.40. The van der Waals surface area contributed by atoms with Crippen LogP contribution in [0.2, 0.25) is 0 Å². The molecule has 3 amide bonds. The Labute approximate surface area is 232 Å². The number of nitrogens with one attached hydrogen (secondary N) is 2. The second kappa shape index (κ2) is 16.1. The van der Waals surface area contributed by atoms with Crippen molar-refractivity contribution in [3.05, 3.63) is 71.8 Å². The fourth-order valence-corrected chi connectivity index (χ4v) is 4.50. The summed E-state index contributed by atoms with van der Waals surface area (Å²) in [5, 5.41) is 5.81. The van der Waals surface area contributed by atoms with Gasteiger partial charge in [-0.3, -0.25) is 9.59 Å². The van der Waals surface area contributed by atoms with Gasteiger partial charge >= 0.3 is 6.09 Å². The van der Waals surface area contributed by atoms with Crippen molar-refractivity contribution in [3.63, 3.8) is 0 Å². The molecule has 0 spiro atoms. The molecule has 2 unspecified atom stereocenters. The molecule has 0 saturated carbocycles. The van der Waals surface area contributed by atoms with E-state index in [0.717, 1.165) is 30.4 Å². The van der Waals surface area contributed by atoms with Crippen molar-refractivity contribution in [2.75, 3.05) is 18.6 Å². The topological polar surface area (TPSA) is 87.7 Å². The Morgan fingerprint density at radius 2 is 1.61 bits per heavy atom. The third-order valence-corrected chi connectivity index (χ3v) is 6.51. The van der Waals surface area contributed by atoms with E-state index in [0.29, 0.717) is 25.3 Å². The molecule has 2 aromatic carbocycles. The molecule has 2 aromatic rings. The van der Waals surface area contributed by atoms with Gasteiger partial charge in [-0.25, -0.2) is 4.79 Å². The number of carbonyl (C=O) groups is 3. The number of carbonyl (C=O) groups excluding carboxylic acids is 3. The normalized spacial score (nSPS) is 12.8. The number of amides is 3. The van der Waals surface area contributed by atoms with Gasteiger partial charge in [0.15, 0.2) is 0 Å². The Morgan fingerprint density at radius 1 is 0.974 bits per heavy atom. The molecular weight excluding hydrogens is 498 g/mol. The molecule has 0 aliphatic carbocycles. The summed E-state index contributed by atoms with van der Waals surface area (Å²) in [5.41, 5.74) is 1.01. The van der Waals surface area contributed by atoms with E-state index in [4.69, 9.17) is 4.74 Å². The van der Waals surface area contributed by atoms with Gasteiger partial charge in [-0.05, 0) is 56.7 Å². The van der Waals surface area contributed by atoms with E-state index in [1.165, 1.54) is 0 Å². The third kappa shape index (κ3) is 10.8. The van der Waals surface area contributed by atoms with Crippen molar-refractivity contribution in [1.29, 1.82) is 0 Å². The number of unbranched alkanes of at least 4 members (excludes halogenated alkanes) is 2. The van der Waals surface area contributed by atoms with E-state index in [9.17, 15) is 14.4 Å². The summed E-state index contributed by atoms with van der Waals surface area (Å²) >= 11 is 1.60. The number of thioether (sulfide) groups is 1. The van der Waals surface area contributed by atoms with Crippen molar-refractivity contribution in [2.24, 2.45) is 0 Å². The lowest BCUT2D eigenvalue weighted by atomic mass is 10.0. The van der Waals surface area contributed by atoms with Crippen molar-refractivity contribution in [1.82, 2.24) is 15.5 Å². The molecule has 8 heteroatoms. The predicted octanol–water partition coefficient (Wildman–Crippen LogP) is 5.71. The third-order valence-electron chi connectivity index (χ3n) is 5.87. The van der Waals surface area contributed by atoms with Gasteiger partial charge in [0.2, 0.25) is 11.8 Å². The number of nitrogens with zero attached hydrogens (tertiary/aromatic N) is 1. The van der Waals surface area contributed by atoms with Gasteiger partial charge in [0, 0.05) is 13.1 Å². The van der Waals surface area contributed by atoms with Crippen molar-refractivity contribution in [3.8, 4) is 0 Å². The molecule has 0 bridgehead atoms. The fourth-order valence-electron chi connectivity index (χ4n) is 4.03. The minimum absolute atomic E-state index is 0.259. The lowest BCUT2D eigenvalue weighted by Gasteiger charge is -2.34. The molecule has 7 nitrogen and oxygen atoms in total. The molecule has 2 rings (SSSR count). The highest BCUT2D eigenvalue weighted by Gasteiger charge is 2.35. The quantitative estimate of drug-likeness (QED) is 0.299. The summed E-state index contributed by atoms with van der Waals surface area (Å²) in [5.74, 6) is 0.126. The van der Waals surface area contributed by atoms with Crippen LogP contribution in [-0.2, 0) is 20.9 Å². The molecule has 0 aliphatic heterocycles. The summed E-state index contributed by atoms with van der Waals surface area (Å²) < 4.78 is 5.45. The molecule has 208 valence electrons. The van der Waals surface area contributed by atoms with Crippen molar-refractivity contribution < 1.29 is 19.1 Å². The zero-order valence-corrected chi connectivity index (χ0v) is 24.2. The van der Waals surface area contributed by atoms with Crippen LogP contribution in [0.25, 0.3) is 0 Å². The second-order valence-electron chi connectivity index (χ2n) is 10.2. The largest absolute Gasteiger partial charge is 0.444 e. The second-order valence-corrected chi connectivity index (χ2v) is 11.2. The molecule has 0 aliphatic rings. The van der Waals surface area contributed by atoms with Crippen LogP contribution in [-0.4, -0.2) is 53.0 Å². The standard InChI is InChI=1S/C30H43N3O4S/c1-6-7-14-20-33(28(35)25(19-21-38-5)32-29(36)37-30(2,3)4)26(24-17-12-9-13-18-24)27(34)31-22-23-15-10-8-11-16-23/h8-13,15-18,25-26H,6-7,14,19-22H2,1-5H3,(H,31,34)(H,32,36). The molecule has 38 heavy (non-hydrogen) atoms. The maximum atomic E-state index is 14.1. The van der Waals surface area contributed by atoms with E-state index in [2.05, 4.69) is 17.6 Å². The molecule has 0 saturated heterocycles. The van der Waals surface area contributed by atoms with Gasteiger partial charge in [0.25, 0.3) is 0 Å². The van der Waals surface area contributed by atoms with E-state index in [-0.39, 0.29) is 11.8 Å². The van der Waals surface area contributed by atoms with Gasteiger partial charge in [-0.15, -0.1) is 0 Å². The van der Waals surface area contributed by atoms with Crippen molar-refractivity contribution >= 4 is 29.7 Å². The highest BCUT2D eigenvalue weighted by molar-refractivity contribution is 7.98. The summed E-state index contributed by atoms with van der Waals surface area (Å²) in [6.07, 6.45) is 4.39. The average Bonchev–Trinajstić information content (AvgIpc) is 2.89. The van der Waals surface area contributed by atoms with Gasteiger partial charge < -0.3 is 20.3 Å². The zero-order valence-electron chi connectivity index (χ0n) is 23.4. The number of rotatable bonds is 14. The first kappa shape index (κ1) is 31.2. The number of alkyl carbamates (subject to hydrolysis) is 1. The average molecular weight is 542 g/mol. The molecule has 0 fully saturated rings.